The molecule has 1 aromatic heterocycles. The van der Waals surface area contributed by atoms with E-state index in [0.717, 1.165) is 18.5 Å². The van der Waals surface area contributed by atoms with Crippen molar-refractivity contribution in [1.29, 1.82) is 0 Å². The molecule has 4 unspecified atom stereocenters. The number of pyridine rings is 1. The number of amides is 1. The van der Waals surface area contributed by atoms with Gasteiger partial charge in [0.2, 0.25) is 5.91 Å². The normalized spacial score (nSPS) is 27.7. The first-order valence-electron chi connectivity index (χ1n) is 7.43. The largest absolute Gasteiger partial charge is 0.355 e. The molecule has 1 heterocycles. The van der Waals surface area contributed by atoms with Gasteiger partial charge < -0.3 is 5.32 Å². The smallest absolute Gasteiger partial charge is 0.223 e. The van der Waals surface area contributed by atoms with E-state index >= 15 is 0 Å². The Bertz CT molecular complexity index is 559. The van der Waals surface area contributed by atoms with Crippen LogP contribution < -0.4 is 5.32 Å². The molecule has 0 saturated heterocycles. The van der Waals surface area contributed by atoms with Crippen molar-refractivity contribution in [1.82, 2.24) is 10.3 Å². The fraction of sp³-hybridized carbons (Fsp3) is 0.500. The first-order chi connectivity index (χ1) is 10.2. The van der Waals surface area contributed by atoms with E-state index in [1.807, 2.05) is 18.2 Å². The standard InChI is InChI=1S/C16H20N2O2S/c19-16(15-10-12-4-5-13(15)9-12)18-7-8-21(20)11-14-3-1-2-6-17-14/h1-6,12-13,15H,7-11H2,(H,18,19). The van der Waals surface area contributed by atoms with E-state index in [2.05, 4.69) is 22.5 Å². The van der Waals surface area contributed by atoms with E-state index < -0.39 is 10.8 Å². The molecule has 1 aromatic rings. The zero-order valence-electron chi connectivity index (χ0n) is 11.9. The highest BCUT2D eigenvalue weighted by atomic mass is 32.2. The predicted octanol–water partition coefficient (Wildman–Crippen LogP) is 1.66. The van der Waals surface area contributed by atoms with E-state index in [9.17, 15) is 9.00 Å². The lowest BCUT2D eigenvalue weighted by Crippen LogP contribution is -2.35. The van der Waals surface area contributed by atoms with Crippen molar-refractivity contribution in [2.45, 2.75) is 18.6 Å². The number of nitrogens with zero attached hydrogens (tertiary/aromatic N) is 1. The van der Waals surface area contributed by atoms with E-state index in [0.29, 0.717) is 29.9 Å². The summed E-state index contributed by atoms with van der Waals surface area (Å²) >= 11 is 0. The molecule has 4 nitrogen and oxygen atoms in total. The summed E-state index contributed by atoms with van der Waals surface area (Å²) < 4.78 is 12.0. The van der Waals surface area contributed by atoms with Crippen molar-refractivity contribution < 1.29 is 9.00 Å². The van der Waals surface area contributed by atoms with Crippen LogP contribution in [0, 0.1) is 17.8 Å². The molecule has 3 rings (SSSR count). The molecular weight excluding hydrogens is 284 g/mol. The number of rotatable bonds is 6. The number of nitrogens with one attached hydrogen (secondary N) is 1. The highest BCUT2D eigenvalue weighted by Gasteiger charge is 2.39. The number of carbonyl (C=O) groups excluding carboxylic acids is 1. The second kappa shape index (κ2) is 6.52. The molecule has 2 bridgehead atoms. The molecule has 4 atom stereocenters. The molecule has 21 heavy (non-hydrogen) atoms. The van der Waals surface area contributed by atoms with E-state index in [-0.39, 0.29) is 11.8 Å². The topological polar surface area (TPSA) is 59.1 Å². The molecule has 0 aliphatic heterocycles. The number of allylic oxidation sites excluding steroid dienone is 2. The third-order valence-corrected chi connectivity index (χ3v) is 5.56. The Labute approximate surface area is 127 Å². The molecule has 1 fully saturated rings. The third-order valence-electron chi connectivity index (χ3n) is 4.28. The van der Waals surface area contributed by atoms with E-state index in [1.54, 1.807) is 6.20 Å². The number of carbonyl (C=O) groups is 1. The Morgan fingerprint density at radius 3 is 2.90 bits per heavy atom. The summed E-state index contributed by atoms with van der Waals surface area (Å²) in [5, 5.41) is 2.94. The lowest BCUT2D eigenvalue weighted by Gasteiger charge is -2.17. The molecule has 0 radical (unpaired) electrons. The second-order valence-electron chi connectivity index (χ2n) is 5.79. The Kier molecular flexibility index (Phi) is 4.48. The van der Waals surface area contributed by atoms with Crippen molar-refractivity contribution in [3.8, 4) is 0 Å². The van der Waals surface area contributed by atoms with Crippen LogP contribution in [0.2, 0.25) is 0 Å². The molecule has 2 aliphatic carbocycles. The summed E-state index contributed by atoms with van der Waals surface area (Å²) in [6, 6.07) is 5.61. The molecule has 2 aliphatic rings. The second-order valence-corrected chi connectivity index (χ2v) is 7.36. The maximum atomic E-state index is 12.1. The highest BCUT2D eigenvalue weighted by Crippen LogP contribution is 2.43. The van der Waals surface area contributed by atoms with Crippen LogP contribution in [0.25, 0.3) is 0 Å². The first kappa shape index (κ1) is 14.4. The number of fused-ring (bicyclic) bond motifs is 2. The van der Waals surface area contributed by atoms with E-state index in [4.69, 9.17) is 0 Å². The molecule has 1 amide bonds. The molecule has 112 valence electrons. The minimum Gasteiger partial charge on any atom is -0.355 e. The fourth-order valence-electron chi connectivity index (χ4n) is 3.22. The van der Waals surface area contributed by atoms with Gasteiger partial charge >= 0.3 is 0 Å². The minimum atomic E-state index is -0.982. The summed E-state index contributed by atoms with van der Waals surface area (Å²) in [6.45, 7) is 0.482. The zero-order valence-corrected chi connectivity index (χ0v) is 12.7. The number of hydrogen-bond donors (Lipinski definition) is 1. The van der Waals surface area contributed by atoms with Crippen LogP contribution in [0.1, 0.15) is 18.5 Å². The van der Waals surface area contributed by atoms with Gasteiger partial charge in [0.25, 0.3) is 0 Å². The van der Waals surface area contributed by atoms with Gasteiger partial charge in [0.15, 0.2) is 0 Å². The summed E-state index contributed by atoms with van der Waals surface area (Å²) in [5.74, 6) is 2.22. The minimum absolute atomic E-state index is 0.127. The first-order valence-corrected chi connectivity index (χ1v) is 8.92. The van der Waals surface area contributed by atoms with Crippen LogP contribution >= 0.6 is 0 Å². The van der Waals surface area contributed by atoms with Gasteiger partial charge in [-0.25, -0.2) is 0 Å². The van der Waals surface area contributed by atoms with Crippen LogP contribution in [0.15, 0.2) is 36.5 Å². The summed E-state index contributed by atoms with van der Waals surface area (Å²) in [7, 11) is -0.982. The van der Waals surface area contributed by atoms with Gasteiger partial charge in [0, 0.05) is 35.2 Å². The third kappa shape index (κ3) is 3.59. The summed E-state index contributed by atoms with van der Waals surface area (Å²) in [4.78, 5) is 16.3. The SMILES string of the molecule is O=C(NCCS(=O)Cc1ccccn1)C1CC2C=CC1C2. The van der Waals surface area contributed by atoms with Crippen LogP contribution in [-0.2, 0) is 21.3 Å². The van der Waals surface area contributed by atoms with Gasteiger partial charge in [-0.1, -0.05) is 18.2 Å². The van der Waals surface area contributed by atoms with Crippen molar-refractivity contribution in [2.75, 3.05) is 12.3 Å². The van der Waals surface area contributed by atoms with Gasteiger partial charge in [-0.3, -0.25) is 14.0 Å². The monoisotopic (exact) mass is 304 g/mol. The molecule has 1 saturated carbocycles. The Morgan fingerprint density at radius 2 is 2.24 bits per heavy atom. The van der Waals surface area contributed by atoms with Gasteiger partial charge in [-0.2, -0.15) is 0 Å². The average Bonchev–Trinajstić information content (AvgIpc) is 3.11. The Hall–Kier alpha value is -1.49. The predicted molar refractivity (Wildman–Crippen MR) is 82.8 cm³/mol. The molecule has 0 aromatic carbocycles. The van der Waals surface area contributed by atoms with Crippen molar-refractivity contribution in [3.05, 3.63) is 42.2 Å². The Morgan fingerprint density at radius 1 is 1.33 bits per heavy atom. The van der Waals surface area contributed by atoms with E-state index in [1.165, 1.54) is 0 Å². The number of aromatic nitrogens is 1. The zero-order chi connectivity index (χ0) is 14.7. The molecule has 5 heteroatoms. The maximum absolute atomic E-state index is 12.1. The van der Waals surface area contributed by atoms with Gasteiger partial charge in [0.1, 0.15) is 0 Å². The van der Waals surface area contributed by atoms with Crippen LogP contribution in [0.3, 0.4) is 0 Å². The van der Waals surface area contributed by atoms with Gasteiger partial charge in [-0.15, -0.1) is 0 Å². The fourth-order valence-corrected chi connectivity index (χ4v) is 4.20. The van der Waals surface area contributed by atoms with Crippen LogP contribution in [0.4, 0.5) is 0 Å². The molecule has 0 spiro atoms. The average molecular weight is 304 g/mol. The summed E-state index contributed by atoms with van der Waals surface area (Å²) in [5.41, 5.74) is 0.834. The van der Waals surface area contributed by atoms with Gasteiger partial charge in [0.05, 0.1) is 11.4 Å². The van der Waals surface area contributed by atoms with Crippen LogP contribution in [0.5, 0.6) is 0 Å². The quantitative estimate of drug-likeness (QED) is 0.813. The summed E-state index contributed by atoms with van der Waals surface area (Å²) in [6.07, 6.45) is 8.22. The van der Waals surface area contributed by atoms with Crippen molar-refractivity contribution in [3.63, 3.8) is 0 Å². The lowest BCUT2D eigenvalue weighted by molar-refractivity contribution is -0.125. The Balaban J connectivity index is 1.39. The van der Waals surface area contributed by atoms with Crippen LogP contribution in [-0.4, -0.2) is 27.4 Å². The van der Waals surface area contributed by atoms with Crippen molar-refractivity contribution >= 4 is 16.7 Å². The highest BCUT2D eigenvalue weighted by molar-refractivity contribution is 7.84. The maximum Gasteiger partial charge on any atom is 0.223 e. The van der Waals surface area contributed by atoms with Gasteiger partial charge in [-0.05, 0) is 36.8 Å². The van der Waals surface area contributed by atoms with Crippen molar-refractivity contribution in [2.24, 2.45) is 17.8 Å². The number of hydrogen-bond acceptors (Lipinski definition) is 3. The molecular formula is C16H20N2O2S. The lowest BCUT2D eigenvalue weighted by atomic mass is 9.93. The molecule has 1 N–H and O–H groups in total.